The van der Waals surface area contributed by atoms with Crippen LogP contribution >= 0.6 is 11.6 Å². The maximum Gasteiger partial charge on any atom is 0.134 e. The fourth-order valence-electron chi connectivity index (χ4n) is 1.73. The Balaban J connectivity index is 2.17. The van der Waals surface area contributed by atoms with Gasteiger partial charge in [-0.05, 0) is 6.07 Å². The summed E-state index contributed by atoms with van der Waals surface area (Å²) >= 11 is 5.91. The zero-order valence-electron chi connectivity index (χ0n) is 8.01. The molecule has 0 amide bonds. The lowest BCUT2D eigenvalue weighted by Gasteiger charge is -2.12. The molecular formula is C10H12ClNO3. The van der Waals surface area contributed by atoms with Crippen LogP contribution < -0.4 is 0 Å². The zero-order chi connectivity index (χ0) is 10.8. The molecule has 0 aliphatic carbocycles. The normalized spacial score (nSPS) is 30.7. The Hall–Kier alpha value is -0.680. The van der Waals surface area contributed by atoms with Gasteiger partial charge in [-0.2, -0.15) is 0 Å². The number of nitrogens with zero attached hydrogens (tertiary/aromatic N) is 1. The molecule has 0 aromatic carbocycles. The van der Waals surface area contributed by atoms with Crippen LogP contribution in [0.3, 0.4) is 0 Å². The summed E-state index contributed by atoms with van der Waals surface area (Å²) in [7, 11) is 0. The average molecular weight is 230 g/mol. The maximum absolute atomic E-state index is 9.56. The molecule has 0 bridgehead atoms. The topological polar surface area (TPSA) is 62.6 Å². The SMILES string of the molecule is OC[C@H]1O[C@@H](c2cccnc2Cl)C[C@@H]1O. The van der Waals surface area contributed by atoms with E-state index in [1.807, 2.05) is 6.07 Å². The van der Waals surface area contributed by atoms with Crippen molar-refractivity contribution in [3.63, 3.8) is 0 Å². The fraction of sp³-hybridized carbons (Fsp3) is 0.500. The monoisotopic (exact) mass is 229 g/mol. The highest BCUT2D eigenvalue weighted by atomic mass is 35.5. The first-order chi connectivity index (χ1) is 7.22. The van der Waals surface area contributed by atoms with Crippen molar-refractivity contribution in [1.82, 2.24) is 4.98 Å². The van der Waals surface area contributed by atoms with Crippen LogP contribution in [-0.4, -0.2) is 34.0 Å². The largest absolute Gasteiger partial charge is 0.394 e. The van der Waals surface area contributed by atoms with Crippen LogP contribution in [0.1, 0.15) is 18.1 Å². The van der Waals surface area contributed by atoms with Gasteiger partial charge in [-0.1, -0.05) is 17.7 Å². The van der Waals surface area contributed by atoms with Crippen LogP contribution in [-0.2, 0) is 4.74 Å². The van der Waals surface area contributed by atoms with E-state index in [9.17, 15) is 5.11 Å². The molecule has 0 saturated carbocycles. The quantitative estimate of drug-likeness (QED) is 0.741. The van der Waals surface area contributed by atoms with Gasteiger partial charge < -0.3 is 14.9 Å². The second kappa shape index (κ2) is 4.45. The molecule has 1 aromatic rings. The van der Waals surface area contributed by atoms with E-state index >= 15 is 0 Å². The molecule has 3 atom stereocenters. The van der Waals surface area contributed by atoms with Gasteiger partial charge in [0, 0.05) is 18.2 Å². The van der Waals surface area contributed by atoms with E-state index in [1.165, 1.54) is 0 Å². The summed E-state index contributed by atoms with van der Waals surface area (Å²) in [5, 5.41) is 18.9. The third-order valence-electron chi connectivity index (χ3n) is 2.54. The van der Waals surface area contributed by atoms with Crippen molar-refractivity contribution in [2.75, 3.05) is 6.61 Å². The predicted molar refractivity (Wildman–Crippen MR) is 54.6 cm³/mol. The lowest BCUT2D eigenvalue weighted by atomic mass is 10.1. The molecule has 0 radical (unpaired) electrons. The van der Waals surface area contributed by atoms with E-state index in [1.54, 1.807) is 12.3 Å². The Labute approximate surface area is 92.5 Å². The third-order valence-corrected chi connectivity index (χ3v) is 2.85. The van der Waals surface area contributed by atoms with Crippen molar-refractivity contribution in [3.05, 3.63) is 29.0 Å². The average Bonchev–Trinajstić information content (AvgIpc) is 2.60. The van der Waals surface area contributed by atoms with Gasteiger partial charge in [0.05, 0.1) is 18.8 Å². The first kappa shape index (κ1) is 10.8. The minimum Gasteiger partial charge on any atom is -0.394 e. The number of aliphatic hydroxyl groups is 2. The Morgan fingerprint density at radius 2 is 2.40 bits per heavy atom. The van der Waals surface area contributed by atoms with Crippen molar-refractivity contribution in [1.29, 1.82) is 0 Å². The van der Waals surface area contributed by atoms with E-state index in [0.29, 0.717) is 11.6 Å². The van der Waals surface area contributed by atoms with Gasteiger partial charge >= 0.3 is 0 Å². The van der Waals surface area contributed by atoms with Crippen molar-refractivity contribution < 1.29 is 14.9 Å². The number of pyridine rings is 1. The molecule has 2 heterocycles. The Morgan fingerprint density at radius 3 is 3.00 bits per heavy atom. The number of hydrogen-bond donors (Lipinski definition) is 2. The van der Waals surface area contributed by atoms with Crippen LogP contribution in [0, 0.1) is 0 Å². The van der Waals surface area contributed by atoms with E-state index in [2.05, 4.69) is 4.98 Å². The molecule has 0 unspecified atom stereocenters. The van der Waals surface area contributed by atoms with Gasteiger partial charge in [0.25, 0.3) is 0 Å². The molecule has 1 aromatic heterocycles. The van der Waals surface area contributed by atoms with Crippen molar-refractivity contribution in [2.24, 2.45) is 0 Å². The van der Waals surface area contributed by atoms with Crippen LogP contribution in [0.5, 0.6) is 0 Å². The highest BCUT2D eigenvalue weighted by Crippen LogP contribution is 2.35. The van der Waals surface area contributed by atoms with Crippen LogP contribution in [0.4, 0.5) is 0 Å². The minimum absolute atomic E-state index is 0.185. The fourth-order valence-corrected chi connectivity index (χ4v) is 1.97. The lowest BCUT2D eigenvalue weighted by Crippen LogP contribution is -2.24. The highest BCUT2D eigenvalue weighted by Gasteiger charge is 2.35. The Kier molecular flexibility index (Phi) is 3.21. The molecule has 1 aliphatic heterocycles. The van der Waals surface area contributed by atoms with Crippen LogP contribution in [0.15, 0.2) is 18.3 Å². The summed E-state index contributed by atoms with van der Waals surface area (Å²) < 4.78 is 5.47. The molecular weight excluding hydrogens is 218 g/mol. The molecule has 2 N–H and O–H groups in total. The molecule has 4 nitrogen and oxygen atoms in total. The number of aliphatic hydroxyl groups excluding tert-OH is 2. The maximum atomic E-state index is 9.56. The Morgan fingerprint density at radius 1 is 1.60 bits per heavy atom. The third kappa shape index (κ3) is 2.13. The van der Waals surface area contributed by atoms with E-state index in [0.717, 1.165) is 5.56 Å². The van der Waals surface area contributed by atoms with E-state index < -0.39 is 12.2 Å². The number of aromatic nitrogens is 1. The van der Waals surface area contributed by atoms with Crippen LogP contribution in [0.2, 0.25) is 5.15 Å². The number of hydrogen-bond acceptors (Lipinski definition) is 4. The van der Waals surface area contributed by atoms with Crippen molar-refractivity contribution >= 4 is 11.6 Å². The van der Waals surface area contributed by atoms with Crippen LogP contribution in [0.25, 0.3) is 0 Å². The summed E-state index contributed by atoms with van der Waals surface area (Å²) in [6.07, 6.45) is 0.595. The molecule has 1 fully saturated rings. The first-order valence-corrected chi connectivity index (χ1v) is 5.15. The second-order valence-corrected chi connectivity index (χ2v) is 3.89. The number of rotatable bonds is 2. The summed E-state index contributed by atoms with van der Waals surface area (Å²) in [6.45, 7) is -0.185. The molecule has 1 aliphatic rings. The highest BCUT2D eigenvalue weighted by molar-refractivity contribution is 6.30. The molecule has 2 rings (SSSR count). The van der Waals surface area contributed by atoms with Gasteiger partial charge in [-0.15, -0.1) is 0 Å². The smallest absolute Gasteiger partial charge is 0.134 e. The zero-order valence-corrected chi connectivity index (χ0v) is 8.76. The summed E-state index contributed by atoms with van der Waals surface area (Å²) in [6, 6.07) is 3.58. The molecule has 82 valence electrons. The Bertz CT molecular complexity index is 347. The molecule has 1 saturated heterocycles. The predicted octanol–water partition coefficient (Wildman–Crippen LogP) is 0.918. The summed E-state index contributed by atoms with van der Waals surface area (Å²) in [5.41, 5.74) is 0.758. The van der Waals surface area contributed by atoms with E-state index in [-0.39, 0.29) is 12.7 Å². The van der Waals surface area contributed by atoms with Crippen molar-refractivity contribution in [3.8, 4) is 0 Å². The standard InChI is InChI=1S/C10H12ClNO3/c11-10-6(2-1-3-12-10)8-4-7(14)9(5-13)15-8/h1-3,7-9,13-14H,4-5H2/t7-,8+,9+/m0/s1. The molecule has 0 spiro atoms. The van der Waals surface area contributed by atoms with Gasteiger partial charge in [-0.3, -0.25) is 0 Å². The number of halogens is 1. The summed E-state index contributed by atoms with van der Waals surface area (Å²) in [5.74, 6) is 0. The van der Waals surface area contributed by atoms with E-state index in [4.69, 9.17) is 21.4 Å². The van der Waals surface area contributed by atoms with Gasteiger partial charge in [0.2, 0.25) is 0 Å². The molecule has 15 heavy (non-hydrogen) atoms. The van der Waals surface area contributed by atoms with Gasteiger partial charge in [0.15, 0.2) is 0 Å². The summed E-state index contributed by atoms with van der Waals surface area (Å²) in [4.78, 5) is 3.94. The minimum atomic E-state index is -0.642. The first-order valence-electron chi connectivity index (χ1n) is 4.77. The second-order valence-electron chi connectivity index (χ2n) is 3.53. The van der Waals surface area contributed by atoms with Gasteiger partial charge in [0.1, 0.15) is 11.3 Å². The van der Waals surface area contributed by atoms with Gasteiger partial charge in [-0.25, -0.2) is 4.98 Å². The van der Waals surface area contributed by atoms with Crippen molar-refractivity contribution in [2.45, 2.75) is 24.7 Å². The lowest BCUT2D eigenvalue weighted by molar-refractivity contribution is -0.0226. The molecule has 5 heteroatoms. The number of ether oxygens (including phenoxy) is 1.